The largest absolute Gasteiger partial charge is 0.322 e. The van der Waals surface area contributed by atoms with E-state index in [1.54, 1.807) is 36.7 Å². The summed E-state index contributed by atoms with van der Waals surface area (Å²) < 4.78 is 0. The summed E-state index contributed by atoms with van der Waals surface area (Å²) in [6.07, 6.45) is 3.39. The third-order valence-electron chi connectivity index (χ3n) is 4.06. The van der Waals surface area contributed by atoms with Crippen LogP contribution >= 0.6 is 23.2 Å². The molecule has 1 amide bonds. The van der Waals surface area contributed by atoms with Gasteiger partial charge in [0, 0.05) is 39.1 Å². The minimum Gasteiger partial charge on any atom is -0.322 e. The molecule has 2 aromatic heterocycles. The molecule has 2 heterocycles. The van der Waals surface area contributed by atoms with Crippen LogP contribution in [0.5, 0.6) is 0 Å². The maximum Gasteiger partial charge on any atom is 0.256 e. The third-order valence-corrected chi connectivity index (χ3v) is 4.49. The molecule has 0 saturated carbocycles. The number of aromatic nitrogens is 2. The molecular formula is C21H13Cl2N3O. The molecule has 0 unspecified atom stereocenters. The van der Waals surface area contributed by atoms with Gasteiger partial charge in [-0.05, 0) is 42.5 Å². The van der Waals surface area contributed by atoms with Crippen LogP contribution in [0.2, 0.25) is 10.0 Å². The zero-order valence-electron chi connectivity index (χ0n) is 14.0. The second-order valence-corrected chi connectivity index (χ2v) is 6.79. The lowest BCUT2D eigenvalue weighted by Gasteiger charge is -2.11. The molecular weight excluding hydrogens is 381 g/mol. The van der Waals surface area contributed by atoms with E-state index in [4.69, 9.17) is 23.2 Å². The number of carbonyl (C=O) groups is 1. The number of halogens is 2. The summed E-state index contributed by atoms with van der Waals surface area (Å²) in [7, 11) is 0. The second kappa shape index (κ2) is 7.35. The van der Waals surface area contributed by atoms with Crippen molar-refractivity contribution in [3.05, 3.63) is 88.7 Å². The predicted molar refractivity (Wildman–Crippen MR) is 109 cm³/mol. The molecule has 4 rings (SSSR count). The molecule has 1 N–H and O–H groups in total. The summed E-state index contributed by atoms with van der Waals surface area (Å²) in [6.45, 7) is 0. The van der Waals surface area contributed by atoms with E-state index in [1.165, 1.54) is 0 Å². The lowest BCUT2D eigenvalue weighted by molar-refractivity contribution is 0.102. The van der Waals surface area contributed by atoms with Crippen molar-refractivity contribution in [2.75, 3.05) is 5.32 Å². The van der Waals surface area contributed by atoms with Crippen molar-refractivity contribution >= 4 is 45.7 Å². The van der Waals surface area contributed by atoms with E-state index >= 15 is 0 Å². The monoisotopic (exact) mass is 393 g/mol. The van der Waals surface area contributed by atoms with Gasteiger partial charge in [0.25, 0.3) is 5.91 Å². The lowest BCUT2D eigenvalue weighted by atomic mass is 10.0. The van der Waals surface area contributed by atoms with Gasteiger partial charge < -0.3 is 5.32 Å². The Kier molecular flexibility index (Phi) is 4.75. The zero-order valence-corrected chi connectivity index (χ0v) is 15.5. The molecule has 4 aromatic rings. The normalized spacial score (nSPS) is 10.7. The Morgan fingerprint density at radius 1 is 0.889 bits per heavy atom. The topological polar surface area (TPSA) is 54.9 Å². The minimum atomic E-state index is -0.262. The number of nitrogens with zero attached hydrogens (tertiary/aromatic N) is 2. The number of fused-ring (bicyclic) bond motifs is 1. The van der Waals surface area contributed by atoms with Crippen molar-refractivity contribution in [2.24, 2.45) is 0 Å². The number of hydrogen-bond donors (Lipinski definition) is 1. The summed E-state index contributed by atoms with van der Waals surface area (Å²) in [4.78, 5) is 21.7. The fraction of sp³-hybridized carbons (Fsp3) is 0. The number of benzene rings is 2. The number of carbonyl (C=O) groups excluding carboxylic acids is 1. The molecule has 0 aliphatic rings. The molecule has 132 valence electrons. The van der Waals surface area contributed by atoms with Gasteiger partial charge in [-0.25, -0.2) is 4.98 Å². The van der Waals surface area contributed by atoms with E-state index in [1.807, 2.05) is 36.4 Å². The van der Waals surface area contributed by atoms with Crippen LogP contribution in [-0.4, -0.2) is 15.9 Å². The SMILES string of the molecule is O=C(Nc1cc(Cl)cc(Cl)c1)c1cc(-c2ccncc2)nc2ccccc12. The molecule has 0 aliphatic heterocycles. The molecule has 6 heteroatoms. The first-order chi connectivity index (χ1) is 13.1. The van der Waals surface area contributed by atoms with Crippen LogP contribution in [0.25, 0.3) is 22.2 Å². The van der Waals surface area contributed by atoms with E-state index in [2.05, 4.69) is 15.3 Å². The highest BCUT2D eigenvalue weighted by molar-refractivity contribution is 6.35. The quantitative estimate of drug-likeness (QED) is 0.474. The Morgan fingerprint density at radius 2 is 1.59 bits per heavy atom. The highest BCUT2D eigenvalue weighted by Crippen LogP contribution is 2.27. The van der Waals surface area contributed by atoms with Crippen molar-refractivity contribution in [3.63, 3.8) is 0 Å². The van der Waals surface area contributed by atoms with E-state index in [0.29, 0.717) is 27.0 Å². The summed E-state index contributed by atoms with van der Waals surface area (Å²) >= 11 is 12.1. The van der Waals surface area contributed by atoms with Crippen LogP contribution in [0.15, 0.2) is 73.1 Å². The van der Waals surface area contributed by atoms with E-state index in [-0.39, 0.29) is 5.91 Å². The van der Waals surface area contributed by atoms with Crippen molar-refractivity contribution < 1.29 is 4.79 Å². The first-order valence-electron chi connectivity index (χ1n) is 8.18. The molecule has 27 heavy (non-hydrogen) atoms. The van der Waals surface area contributed by atoms with Gasteiger partial charge in [0.1, 0.15) is 0 Å². The van der Waals surface area contributed by atoms with Gasteiger partial charge in [0.05, 0.1) is 16.8 Å². The third kappa shape index (κ3) is 3.77. The fourth-order valence-corrected chi connectivity index (χ4v) is 3.38. The zero-order chi connectivity index (χ0) is 18.8. The number of hydrogen-bond acceptors (Lipinski definition) is 3. The van der Waals surface area contributed by atoms with Gasteiger partial charge in [0.15, 0.2) is 0 Å². The molecule has 0 spiro atoms. The predicted octanol–water partition coefficient (Wildman–Crippen LogP) is 5.86. The molecule has 0 bridgehead atoms. The number of nitrogens with one attached hydrogen (secondary N) is 1. The van der Waals surface area contributed by atoms with E-state index in [0.717, 1.165) is 16.5 Å². The molecule has 0 radical (unpaired) electrons. The van der Waals surface area contributed by atoms with Crippen LogP contribution in [0.3, 0.4) is 0 Å². The summed E-state index contributed by atoms with van der Waals surface area (Å²) in [5, 5.41) is 4.53. The second-order valence-electron chi connectivity index (χ2n) is 5.92. The minimum absolute atomic E-state index is 0.262. The molecule has 0 atom stereocenters. The standard InChI is InChI=1S/C21H13Cl2N3O/c22-14-9-15(23)11-16(10-14)25-21(27)18-12-20(13-5-7-24-8-6-13)26-19-4-2-1-3-17(18)19/h1-12H,(H,25,27). The van der Waals surface area contributed by atoms with Gasteiger partial charge >= 0.3 is 0 Å². The molecule has 0 aliphatic carbocycles. The molecule has 4 nitrogen and oxygen atoms in total. The van der Waals surface area contributed by atoms with Crippen molar-refractivity contribution in [3.8, 4) is 11.3 Å². The number of amides is 1. The average molecular weight is 394 g/mol. The van der Waals surface area contributed by atoms with Crippen LogP contribution in [-0.2, 0) is 0 Å². The first-order valence-corrected chi connectivity index (χ1v) is 8.93. The number of rotatable bonds is 3. The summed E-state index contributed by atoms with van der Waals surface area (Å²) in [5.41, 5.74) is 3.37. The molecule has 0 fully saturated rings. The Morgan fingerprint density at radius 3 is 2.33 bits per heavy atom. The molecule has 2 aromatic carbocycles. The van der Waals surface area contributed by atoms with Crippen LogP contribution in [0.4, 0.5) is 5.69 Å². The van der Waals surface area contributed by atoms with Gasteiger partial charge in [-0.3, -0.25) is 9.78 Å². The Balaban J connectivity index is 1.81. The number of pyridine rings is 2. The van der Waals surface area contributed by atoms with E-state index < -0.39 is 0 Å². The van der Waals surface area contributed by atoms with Gasteiger partial charge in [-0.15, -0.1) is 0 Å². The maximum absolute atomic E-state index is 13.0. The van der Waals surface area contributed by atoms with Crippen molar-refractivity contribution in [2.45, 2.75) is 0 Å². The van der Waals surface area contributed by atoms with Crippen molar-refractivity contribution in [1.29, 1.82) is 0 Å². The number of para-hydroxylation sites is 1. The van der Waals surface area contributed by atoms with Crippen molar-refractivity contribution in [1.82, 2.24) is 9.97 Å². The number of anilines is 1. The van der Waals surface area contributed by atoms with Crippen LogP contribution < -0.4 is 5.32 Å². The highest BCUT2D eigenvalue weighted by atomic mass is 35.5. The van der Waals surface area contributed by atoms with Crippen LogP contribution in [0.1, 0.15) is 10.4 Å². The highest BCUT2D eigenvalue weighted by Gasteiger charge is 2.14. The summed E-state index contributed by atoms with van der Waals surface area (Å²) in [6, 6.07) is 17.9. The Hall–Kier alpha value is -2.95. The van der Waals surface area contributed by atoms with Crippen LogP contribution in [0, 0.1) is 0 Å². The Labute approximate surface area is 165 Å². The Bertz CT molecular complexity index is 1130. The van der Waals surface area contributed by atoms with Gasteiger partial charge in [-0.1, -0.05) is 41.4 Å². The lowest BCUT2D eigenvalue weighted by Crippen LogP contribution is -2.13. The van der Waals surface area contributed by atoms with Gasteiger partial charge in [0.2, 0.25) is 0 Å². The maximum atomic E-state index is 13.0. The van der Waals surface area contributed by atoms with E-state index in [9.17, 15) is 4.79 Å². The molecule has 0 saturated heterocycles. The smallest absolute Gasteiger partial charge is 0.256 e. The van der Waals surface area contributed by atoms with Gasteiger partial charge in [-0.2, -0.15) is 0 Å². The average Bonchev–Trinajstić information content (AvgIpc) is 2.67. The first kappa shape index (κ1) is 17.5. The fourth-order valence-electron chi connectivity index (χ4n) is 2.86. The summed E-state index contributed by atoms with van der Waals surface area (Å²) in [5.74, 6) is -0.262.